The number of hydrogen-bond donors (Lipinski definition) is 2. The van der Waals surface area contributed by atoms with E-state index in [1.807, 2.05) is 0 Å². The van der Waals surface area contributed by atoms with Crippen LogP contribution in [-0.4, -0.2) is 17.1 Å². The van der Waals surface area contributed by atoms with Crippen molar-refractivity contribution in [3.05, 3.63) is 35.4 Å². The van der Waals surface area contributed by atoms with E-state index in [2.05, 4.69) is 5.32 Å². The Bertz CT molecular complexity index is 480. The molecule has 1 aromatic rings. The van der Waals surface area contributed by atoms with Crippen LogP contribution in [-0.2, 0) is 10.3 Å². The number of carboxylic acids is 1. The Labute approximate surface area is 117 Å². The number of aliphatic carboxylic acids is 1. The predicted molar refractivity (Wildman–Crippen MR) is 71.4 cm³/mol. The van der Waals surface area contributed by atoms with Crippen LogP contribution in [0.4, 0.5) is 8.78 Å². The van der Waals surface area contributed by atoms with Crippen LogP contribution in [0.25, 0.3) is 0 Å². The van der Waals surface area contributed by atoms with Gasteiger partial charge in [0.25, 0.3) is 0 Å². The minimum atomic E-state index is -1.48. The van der Waals surface area contributed by atoms with Crippen LogP contribution in [0.2, 0.25) is 0 Å². The van der Waals surface area contributed by atoms with Crippen LogP contribution < -0.4 is 5.32 Å². The fourth-order valence-electron chi connectivity index (χ4n) is 2.77. The van der Waals surface area contributed by atoms with Gasteiger partial charge in [-0.25, -0.2) is 13.6 Å². The Kier molecular flexibility index (Phi) is 4.38. The van der Waals surface area contributed by atoms with Crippen molar-refractivity contribution in [1.82, 2.24) is 5.32 Å². The summed E-state index contributed by atoms with van der Waals surface area (Å²) in [4.78, 5) is 11.6. The summed E-state index contributed by atoms with van der Waals surface area (Å²) in [7, 11) is 0. The van der Waals surface area contributed by atoms with Gasteiger partial charge in [0.2, 0.25) is 0 Å². The highest BCUT2D eigenvalue weighted by atomic mass is 19.1. The molecule has 3 nitrogen and oxygen atoms in total. The molecule has 1 aliphatic rings. The average Bonchev–Trinajstić information content (AvgIpc) is 2.38. The molecule has 0 amide bonds. The maximum Gasteiger partial charge on any atom is 0.328 e. The lowest BCUT2D eigenvalue weighted by Crippen LogP contribution is -2.52. The number of halogens is 2. The van der Waals surface area contributed by atoms with Crippen molar-refractivity contribution < 1.29 is 18.7 Å². The normalized spacial score (nSPS) is 19.6. The molecule has 110 valence electrons. The van der Waals surface area contributed by atoms with Gasteiger partial charge in [0.05, 0.1) is 0 Å². The topological polar surface area (TPSA) is 49.3 Å². The van der Waals surface area contributed by atoms with Crippen molar-refractivity contribution in [2.75, 3.05) is 0 Å². The monoisotopic (exact) mass is 283 g/mol. The summed E-state index contributed by atoms with van der Waals surface area (Å²) in [5.41, 5.74) is -1.38. The van der Waals surface area contributed by atoms with Crippen LogP contribution in [0.1, 0.15) is 44.6 Å². The van der Waals surface area contributed by atoms with Gasteiger partial charge in [0, 0.05) is 12.1 Å². The second-order valence-corrected chi connectivity index (χ2v) is 5.57. The fourth-order valence-corrected chi connectivity index (χ4v) is 2.77. The summed E-state index contributed by atoms with van der Waals surface area (Å²) in [5, 5.41) is 12.6. The van der Waals surface area contributed by atoms with Crippen LogP contribution in [0.15, 0.2) is 18.2 Å². The fraction of sp³-hybridized carbons (Fsp3) is 0.533. The molecule has 1 aromatic carbocycles. The van der Waals surface area contributed by atoms with Crippen molar-refractivity contribution in [3.8, 4) is 0 Å². The van der Waals surface area contributed by atoms with E-state index < -0.39 is 23.1 Å². The first-order chi connectivity index (χ1) is 9.41. The van der Waals surface area contributed by atoms with Gasteiger partial charge < -0.3 is 5.11 Å². The lowest BCUT2D eigenvalue weighted by atomic mass is 9.87. The first kappa shape index (κ1) is 14.9. The molecular formula is C15H19F2NO2. The number of nitrogens with one attached hydrogen (secondary N) is 1. The molecule has 0 heterocycles. The lowest BCUT2D eigenvalue weighted by molar-refractivity contribution is -0.145. The van der Waals surface area contributed by atoms with Crippen molar-refractivity contribution in [2.45, 2.75) is 50.6 Å². The first-order valence-electron chi connectivity index (χ1n) is 6.89. The van der Waals surface area contributed by atoms with E-state index in [1.54, 1.807) is 0 Å². The molecule has 1 saturated carbocycles. The van der Waals surface area contributed by atoms with Crippen molar-refractivity contribution in [1.29, 1.82) is 0 Å². The van der Waals surface area contributed by atoms with Gasteiger partial charge in [-0.3, -0.25) is 5.32 Å². The van der Waals surface area contributed by atoms with Crippen LogP contribution in [0.3, 0.4) is 0 Å². The molecule has 0 aliphatic heterocycles. The first-order valence-corrected chi connectivity index (χ1v) is 6.89. The molecule has 1 fully saturated rings. The molecule has 20 heavy (non-hydrogen) atoms. The SMILES string of the molecule is CC(NC1CCCCC1)(C(=O)O)c1cc(F)cc(F)c1. The molecule has 0 aromatic heterocycles. The molecule has 1 atom stereocenters. The maximum absolute atomic E-state index is 13.3. The minimum Gasteiger partial charge on any atom is -0.480 e. The number of carboxylic acid groups (broad SMARTS) is 1. The molecule has 2 rings (SSSR count). The number of carbonyl (C=O) groups is 1. The van der Waals surface area contributed by atoms with Crippen LogP contribution >= 0.6 is 0 Å². The quantitative estimate of drug-likeness (QED) is 0.892. The highest BCUT2D eigenvalue weighted by molar-refractivity contribution is 5.80. The summed E-state index contributed by atoms with van der Waals surface area (Å²) in [5.74, 6) is -2.66. The second kappa shape index (κ2) is 5.87. The van der Waals surface area contributed by atoms with Gasteiger partial charge in [-0.1, -0.05) is 19.3 Å². The van der Waals surface area contributed by atoms with Gasteiger partial charge in [-0.15, -0.1) is 0 Å². The third-order valence-electron chi connectivity index (χ3n) is 3.97. The Morgan fingerprint density at radius 1 is 1.20 bits per heavy atom. The van der Waals surface area contributed by atoms with E-state index in [0.29, 0.717) is 0 Å². The highest BCUT2D eigenvalue weighted by Gasteiger charge is 2.38. The Hall–Kier alpha value is -1.49. The van der Waals surface area contributed by atoms with Crippen molar-refractivity contribution in [2.24, 2.45) is 0 Å². The second-order valence-electron chi connectivity index (χ2n) is 5.57. The molecule has 0 saturated heterocycles. The molecule has 0 bridgehead atoms. The Balaban J connectivity index is 2.30. The van der Waals surface area contributed by atoms with E-state index in [4.69, 9.17) is 0 Å². The van der Waals surface area contributed by atoms with Gasteiger partial charge >= 0.3 is 5.97 Å². The summed E-state index contributed by atoms with van der Waals surface area (Å²) in [6.07, 6.45) is 5.02. The summed E-state index contributed by atoms with van der Waals surface area (Å²) in [6, 6.07) is 2.96. The van der Waals surface area contributed by atoms with Crippen LogP contribution in [0.5, 0.6) is 0 Å². The maximum atomic E-state index is 13.3. The molecule has 0 spiro atoms. The van der Waals surface area contributed by atoms with E-state index >= 15 is 0 Å². The minimum absolute atomic E-state index is 0.0659. The molecule has 2 N–H and O–H groups in total. The van der Waals surface area contributed by atoms with E-state index in [-0.39, 0.29) is 11.6 Å². The molecule has 1 unspecified atom stereocenters. The third kappa shape index (κ3) is 3.15. The van der Waals surface area contributed by atoms with Crippen LogP contribution in [0, 0.1) is 11.6 Å². The zero-order valence-electron chi connectivity index (χ0n) is 11.5. The number of hydrogen-bond acceptors (Lipinski definition) is 2. The van der Waals surface area contributed by atoms with Gasteiger partial charge in [0.15, 0.2) is 0 Å². The zero-order valence-corrected chi connectivity index (χ0v) is 11.5. The Morgan fingerprint density at radius 3 is 2.25 bits per heavy atom. The van der Waals surface area contributed by atoms with Crippen molar-refractivity contribution in [3.63, 3.8) is 0 Å². The summed E-state index contributed by atoms with van der Waals surface area (Å²) in [6.45, 7) is 1.46. The van der Waals surface area contributed by atoms with Gasteiger partial charge in [0.1, 0.15) is 17.2 Å². The van der Waals surface area contributed by atoms with Gasteiger partial charge in [-0.2, -0.15) is 0 Å². The summed E-state index contributed by atoms with van der Waals surface area (Å²) < 4.78 is 26.7. The largest absolute Gasteiger partial charge is 0.480 e. The van der Waals surface area contributed by atoms with Crippen molar-refractivity contribution >= 4 is 5.97 Å². The predicted octanol–water partition coefficient (Wildman–Crippen LogP) is 3.19. The standard InChI is InChI=1S/C15H19F2NO2/c1-15(14(19)20,18-13-5-3-2-4-6-13)10-7-11(16)9-12(17)8-10/h7-9,13,18H,2-6H2,1H3,(H,19,20). The Morgan fingerprint density at radius 2 is 1.75 bits per heavy atom. The lowest BCUT2D eigenvalue weighted by Gasteiger charge is -2.34. The molecule has 1 aliphatic carbocycles. The number of benzene rings is 1. The molecular weight excluding hydrogens is 264 g/mol. The van der Waals surface area contributed by atoms with E-state index in [9.17, 15) is 18.7 Å². The zero-order chi connectivity index (χ0) is 14.8. The number of rotatable bonds is 4. The summed E-state index contributed by atoms with van der Waals surface area (Å²) >= 11 is 0. The molecule has 0 radical (unpaired) electrons. The molecule has 5 heteroatoms. The van der Waals surface area contributed by atoms with E-state index in [1.165, 1.54) is 6.92 Å². The van der Waals surface area contributed by atoms with Gasteiger partial charge in [-0.05, 0) is 37.5 Å². The highest BCUT2D eigenvalue weighted by Crippen LogP contribution is 2.27. The smallest absolute Gasteiger partial charge is 0.328 e. The average molecular weight is 283 g/mol. The van der Waals surface area contributed by atoms with E-state index in [0.717, 1.165) is 50.3 Å². The third-order valence-corrected chi connectivity index (χ3v) is 3.97.